The van der Waals surface area contributed by atoms with E-state index in [9.17, 15) is 33.6 Å². The molecule has 87 heavy (non-hydrogen) atoms. The van der Waals surface area contributed by atoms with E-state index < -0.39 is 23.9 Å². The molecule has 0 saturated carbocycles. The number of benzene rings is 4. The van der Waals surface area contributed by atoms with Crippen LogP contribution in [-0.2, 0) is 24.0 Å². The number of fused-ring (bicyclic) bond motifs is 4. The van der Waals surface area contributed by atoms with Gasteiger partial charge in [-0.3, -0.25) is 48.4 Å². The van der Waals surface area contributed by atoms with Crippen LogP contribution in [0.25, 0.3) is 11.1 Å². The van der Waals surface area contributed by atoms with Gasteiger partial charge in [0.2, 0.25) is 17.7 Å². The van der Waals surface area contributed by atoms with E-state index in [1.165, 1.54) is 29.8 Å². The zero-order valence-corrected chi connectivity index (χ0v) is 50.2. The Bertz CT molecular complexity index is 3440. The highest BCUT2D eigenvalue weighted by atomic mass is 16.5. The lowest BCUT2D eigenvalue weighted by Crippen LogP contribution is -2.53. The Labute approximate surface area is 507 Å². The number of nitrogens with one attached hydrogen (secondary N) is 3. The number of nitrogens with zero attached hydrogens (tertiary/aromatic N) is 7. The highest BCUT2D eigenvalue weighted by Gasteiger charge is 2.36. The number of carbonyl (C=O) groups is 7. The van der Waals surface area contributed by atoms with Gasteiger partial charge in [0.05, 0.1) is 62.0 Å². The van der Waals surface area contributed by atoms with Crippen LogP contribution in [-0.4, -0.2) is 165 Å². The summed E-state index contributed by atoms with van der Waals surface area (Å²) in [5, 5.41) is 8.41. The average Bonchev–Trinajstić information content (AvgIpc) is 2.23. The molecule has 1 saturated heterocycles. The molecule has 6 heterocycles. The van der Waals surface area contributed by atoms with Gasteiger partial charge >= 0.3 is 0 Å². The molecule has 1 fully saturated rings. The Hall–Kier alpha value is -9.11. The second kappa shape index (κ2) is 27.5. The minimum absolute atomic E-state index is 0.140. The van der Waals surface area contributed by atoms with Crippen LogP contribution in [0.3, 0.4) is 0 Å². The summed E-state index contributed by atoms with van der Waals surface area (Å²) in [6.45, 7) is 10.3. The summed E-state index contributed by atoms with van der Waals surface area (Å²) >= 11 is 0. The number of anilines is 2. The van der Waals surface area contributed by atoms with Crippen LogP contribution < -0.4 is 39.8 Å². The van der Waals surface area contributed by atoms with E-state index >= 15 is 0 Å². The highest BCUT2D eigenvalue weighted by molar-refractivity contribution is 6.13. The SMILES string of the molecule is COc1cc2c(cc1OCCCCCOc1cc3c(cc1OC)C(=O)N1C=C(c4cccc(NC(=O)[C@H](C)NC(=O)C(NC(=O)CCCCCN5C(=O)C=CC5=O)C(C)C)c4)C[C@H]1C=N3)N=CC1CC(c3ccc(N4CCN(C)CC4)cc3)=CN1C2=O. The maximum absolute atomic E-state index is 14.2. The number of ether oxygens (including phenoxy) is 4. The third-order valence-electron chi connectivity index (χ3n) is 16.5. The van der Waals surface area contributed by atoms with Crippen LogP contribution in [0.15, 0.2) is 107 Å². The third-order valence-corrected chi connectivity index (χ3v) is 16.5. The van der Waals surface area contributed by atoms with Crippen molar-refractivity contribution >= 4 is 87.7 Å². The van der Waals surface area contributed by atoms with Gasteiger partial charge in [-0.2, -0.15) is 0 Å². The van der Waals surface area contributed by atoms with Crippen molar-refractivity contribution < 1.29 is 52.5 Å². The van der Waals surface area contributed by atoms with E-state index in [1.54, 1.807) is 86.5 Å². The van der Waals surface area contributed by atoms with Gasteiger partial charge in [0, 0.05) is 112 Å². The highest BCUT2D eigenvalue weighted by Crippen LogP contribution is 2.42. The molecule has 21 nitrogen and oxygen atoms in total. The first-order valence-electron chi connectivity index (χ1n) is 30.0. The molecule has 6 aliphatic heterocycles. The molecule has 4 aromatic rings. The van der Waals surface area contributed by atoms with Crippen LogP contribution in [0.2, 0.25) is 0 Å². The standard InChI is InChI=1S/C66H76N10O11/c1-41(2)62(71-59(77)16-9-7-10-23-74-60(78)21-22-61(74)79)64(81)69-42(3)63(80)70-47-15-13-14-44(30-47)46-32-50-38-68-54-36-58(56(85-6)34-52(54)66(83)76(50)40-46)87-29-12-8-11-28-86-57-35-53-51(33-55(57)84-5)65(82)75-39-45(31-49(75)37-67-53)43-17-19-48(20-18-43)73-26-24-72(4)25-27-73/h13-15,17-22,30,33-42,49-50,62H,7-12,16,23-29,31-32H2,1-6H3,(H,69,81)(H,70,80)(H,71,77)/t42-,49?,50-,62?/m0/s1. The molecule has 0 aromatic heterocycles. The number of imide groups is 1. The summed E-state index contributed by atoms with van der Waals surface area (Å²) in [6, 6.07) is 20.4. The molecule has 4 atom stereocenters. The van der Waals surface area contributed by atoms with Crippen LogP contribution >= 0.6 is 0 Å². The van der Waals surface area contributed by atoms with Crippen LogP contribution in [0.5, 0.6) is 23.0 Å². The van der Waals surface area contributed by atoms with Crippen LogP contribution in [0.4, 0.5) is 22.7 Å². The fourth-order valence-electron chi connectivity index (χ4n) is 11.4. The summed E-state index contributed by atoms with van der Waals surface area (Å²) in [5.41, 5.74) is 7.34. The molecule has 0 spiro atoms. The number of methoxy groups -OCH3 is 2. The first-order chi connectivity index (χ1) is 42.0. The molecule has 21 heteroatoms. The number of likely N-dealkylation sites (N-methyl/N-ethyl adjacent to an activating group) is 1. The molecule has 7 amide bonds. The van der Waals surface area contributed by atoms with Crippen molar-refractivity contribution in [2.24, 2.45) is 15.9 Å². The topological polar surface area (TPSA) is 233 Å². The minimum Gasteiger partial charge on any atom is -0.493 e. The molecule has 0 aliphatic carbocycles. The number of hydrogen-bond acceptors (Lipinski definition) is 15. The van der Waals surface area contributed by atoms with Crippen molar-refractivity contribution in [2.45, 2.75) is 103 Å². The summed E-state index contributed by atoms with van der Waals surface area (Å²) in [7, 11) is 5.24. The van der Waals surface area contributed by atoms with Crippen molar-refractivity contribution in [1.82, 2.24) is 30.2 Å². The summed E-state index contributed by atoms with van der Waals surface area (Å²) in [5.74, 6) is -0.777. The summed E-state index contributed by atoms with van der Waals surface area (Å²) in [4.78, 5) is 110. The van der Waals surface area contributed by atoms with E-state index in [1.807, 2.05) is 24.5 Å². The zero-order chi connectivity index (χ0) is 61.3. The second-order valence-electron chi connectivity index (χ2n) is 23.0. The quantitative estimate of drug-likeness (QED) is 0.0421. The van der Waals surface area contributed by atoms with Crippen LogP contribution in [0, 0.1) is 5.92 Å². The van der Waals surface area contributed by atoms with Gasteiger partial charge in [-0.05, 0) is 111 Å². The predicted octanol–water partition coefficient (Wildman–Crippen LogP) is 8.10. The summed E-state index contributed by atoms with van der Waals surface area (Å²) in [6.07, 6.45) is 15.0. The number of rotatable bonds is 25. The number of carbonyl (C=O) groups excluding carboxylic acids is 7. The van der Waals surface area contributed by atoms with Crippen molar-refractivity contribution in [3.8, 4) is 23.0 Å². The first-order valence-corrected chi connectivity index (χ1v) is 30.0. The average molecular weight is 1190 g/mol. The maximum Gasteiger partial charge on any atom is 0.260 e. The third kappa shape index (κ3) is 14.3. The Morgan fingerprint density at radius 3 is 1.75 bits per heavy atom. The maximum atomic E-state index is 14.2. The van der Waals surface area contributed by atoms with Gasteiger partial charge < -0.3 is 54.5 Å². The molecular formula is C66H76N10O11. The van der Waals surface area contributed by atoms with E-state index in [-0.39, 0.29) is 60.5 Å². The fourth-order valence-corrected chi connectivity index (χ4v) is 11.4. The van der Waals surface area contributed by atoms with Gasteiger partial charge in [0.1, 0.15) is 12.1 Å². The molecule has 0 radical (unpaired) electrons. The number of amides is 7. The molecule has 3 N–H and O–H groups in total. The lowest BCUT2D eigenvalue weighted by molar-refractivity contribution is -0.137. The Balaban J connectivity index is 0.669. The zero-order valence-electron chi connectivity index (χ0n) is 50.2. The smallest absolute Gasteiger partial charge is 0.260 e. The predicted molar refractivity (Wildman–Crippen MR) is 332 cm³/mol. The Kier molecular flexibility index (Phi) is 19.3. The summed E-state index contributed by atoms with van der Waals surface area (Å²) < 4.78 is 23.9. The second-order valence-corrected chi connectivity index (χ2v) is 23.0. The fraction of sp³-hybridized carbons (Fsp3) is 0.409. The van der Waals surface area contributed by atoms with E-state index in [0.717, 1.165) is 61.3 Å². The normalized spacial score (nSPS) is 18.5. The van der Waals surface area contributed by atoms with E-state index in [2.05, 4.69) is 57.1 Å². The van der Waals surface area contributed by atoms with Crippen molar-refractivity contribution in [2.75, 3.05) is 77.4 Å². The molecule has 4 aromatic carbocycles. The minimum atomic E-state index is -0.944. The largest absolute Gasteiger partial charge is 0.493 e. The molecule has 10 rings (SSSR count). The molecule has 0 bridgehead atoms. The van der Waals surface area contributed by atoms with Gasteiger partial charge in [0.25, 0.3) is 23.6 Å². The van der Waals surface area contributed by atoms with Crippen molar-refractivity contribution in [1.29, 1.82) is 0 Å². The van der Waals surface area contributed by atoms with Gasteiger partial charge in [-0.15, -0.1) is 0 Å². The molecular weight excluding hydrogens is 1110 g/mol. The lowest BCUT2D eigenvalue weighted by atomic mass is 10.0. The molecule has 456 valence electrons. The van der Waals surface area contributed by atoms with Crippen molar-refractivity contribution in [3.63, 3.8) is 0 Å². The van der Waals surface area contributed by atoms with E-state index in [4.69, 9.17) is 28.9 Å². The number of piperazine rings is 1. The lowest BCUT2D eigenvalue weighted by Gasteiger charge is -2.34. The molecule has 2 unspecified atom stereocenters. The number of aliphatic imine (C=N–C) groups is 2. The van der Waals surface area contributed by atoms with E-state index in [0.29, 0.717) is 103 Å². The van der Waals surface area contributed by atoms with Gasteiger partial charge in [-0.25, -0.2) is 0 Å². The Morgan fingerprint density at radius 2 is 1.18 bits per heavy atom. The van der Waals surface area contributed by atoms with Crippen molar-refractivity contribution in [3.05, 3.63) is 120 Å². The Morgan fingerprint density at radius 1 is 0.621 bits per heavy atom. The number of hydrogen-bond donors (Lipinski definition) is 3. The number of unbranched alkanes of at least 4 members (excludes halogenated alkanes) is 4. The van der Waals surface area contributed by atoms with Crippen LogP contribution in [0.1, 0.15) is 110 Å². The molecule has 6 aliphatic rings. The first kappa shape index (κ1) is 61.0. The monoisotopic (exact) mass is 1180 g/mol. The van der Waals surface area contributed by atoms with Gasteiger partial charge in [0.15, 0.2) is 23.0 Å². The van der Waals surface area contributed by atoms with Gasteiger partial charge in [-0.1, -0.05) is 44.5 Å².